The summed E-state index contributed by atoms with van der Waals surface area (Å²) in [6, 6.07) is 7.04. The number of nitrogens with one attached hydrogen (secondary N) is 3. The zero-order valence-corrected chi connectivity index (χ0v) is 12.4. The Morgan fingerprint density at radius 1 is 0.905 bits per heavy atom. The van der Waals surface area contributed by atoms with E-state index >= 15 is 0 Å². The van der Waals surface area contributed by atoms with Gasteiger partial charge in [0.1, 0.15) is 0 Å². The van der Waals surface area contributed by atoms with Gasteiger partial charge in [0.25, 0.3) is 5.91 Å². The maximum Gasteiger partial charge on any atom is 0.251 e. The average molecular weight is 291 g/mol. The summed E-state index contributed by atoms with van der Waals surface area (Å²) in [6.07, 6.45) is 0.840. The molecule has 0 fully saturated rings. The summed E-state index contributed by atoms with van der Waals surface area (Å²) in [5.41, 5.74) is 1.55. The van der Waals surface area contributed by atoms with Crippen LogP contribution < -0.4 is 16.0 Å². The SMILES string of the molecule is CCCNC(=O)CNC(=O)CNC(=O)c1ccc(C)cc1. The second-order valence-corrected chi connectivity index (χ2v) is 4.68. The summed E-state index contributed by atoms with van der Waals surface area (Å²) < 4.78 is 0. The highest BCUT2D eigenvalue weighted by atomic mass is 16.2. The molecule has 0 radical (unpaired) electrons. The molecule has 0 unspecified atom stereocenters. The number of carbonyl (C=O) groups excluding carboxylic acids is 3. The Bertz CT molecular complexity index is 497. The van der Waals surface area contributed by atoms with Crippen molar-refractivity contribution in [2.75, 3.05) is 19.6 Å². The number of hydrogen-bond acceptors (Lipinski definition) is 3. The molecule has 3 amide bonds. The Labute approximate surface area is 124 Å². The minimum atomic E-state index is -0.401. The normalized spacial score (nSPS) is 9.81. The molecule has 114 valence electrons. The van der Waals surface area contributed by atoms with Crippen LogP contribution in [0.4, 0.5) is 0 Å². The minimum absolute atomic E-state index is 0.0841. The van der Waals surface area contributed by atoms with E-state index in [1.165, 1.54) is 0 Å². The van der Waals surface area contributed by atoms with E-state index in [0.29, 0.717) is 12.1 Å². The predicted octanol–water partition coefficient (Wildman–Crippen LogP) is 0.367. The molecule has 0 bridgehead atoms. The second kappa shape index (κ2) is 8.73. The Kier molecular flexibility index (Phi) is 6.94. The van der Waals surface area contributed by atoms with Crippen molar-refractivity contribution < 1.29 is 14.4 Å². The van der Waals surface area contributed by atoms with Crippen molar-refractivity contribution in [3.05, 3.63) is 35.4 Å². The Hall–Kier alpha value is -2.37. The molecule has 3 N–H and O–H groups in total. The molecule has 6 heteroatoms. The average Bonchev–Trinajstić information content (AvgIpc) is 2.49. The van der Waals surface area contributed by atoms with E-state index in [0.717, 1.165) is 12.0 Å². The van der Waals surface area contributed by atoms with Crippen molar-refractivity contribution in [1.29, 1.82) is 0 Å². The minimum Gasteiger partial charge on any atom is -0.355 e. The van der Waals surface area contributed by atoms with Gasteiger partial charge in [0.2, 0.25) is 11.8 Å². The molecule has 0 saturated heterocycles. The molecule has 0 aliphatic rings. The molecule has 0 spiro atoms. The van der Waals surface area contributed by atoms with Gasteiger partial charge in [0.15, 0.2) is 0 Å². The van der Waals surface area contributed by atoms with Crippen LogP contribution in [0.2, 0.25) is 0 Å². The first kappa shape index (κ1) is 16.7. The molecule has 1 aromatic rings. The molecule has 0 heterocycles. The van der Waals surface area contributed by atoms with Gasteiger partial charge < -0.3 is 16.0 Å². The molecule has 0 aliphatic carbocycles. The number of rotatable bonds is 7. The predicted molar refractivity (Wildman–Crippen MR) is 79.8 cm³/mol. The molecule has 0 aliphatic heterocycles. The lowest BCUT2D eigenvalue weighted by molar-refractivity contribution is -0.125. The summed E-state index contributed by atoms with van der Waals surface area (Å²) in [7, 11) is 0. The van der Waals surface area contributed by atoms with Gasteiger partial charge in [0, 0.05) is 12.1 Å². The fraction of sp³-hybridized carbons (Fsp3) is 0.400. The van der Waals surface area contributed by atoms with E-state index in [9.17, 15) is 14.4 Å². The van der Waals surface area contributed by atoms with Crippen LogP contribution in [0.15, 0.2) is 24.3 Å². The second-order valence-electron chi connectivity index (χ2n) is 4.68. The molecule has 0 atom stereocenters. The summed E-state index contributed by atoms with van der Waals surface area (Å²) >= 11 is 0. The van der Waals surface area contributed by atoms with Crippen molar-refractivity contribution in [2.24, 2.45) is 0 Å². The summed E-state index contributed by atoms with van der Waals surface area (Å²) in [4.78, 5) is 34.6. The third-order valence-electron chi connectivity index (χ3n) is 2.74. The van der Waals surface area contributed by atoms with Gasteiger partial charge in [-0.1, -0.05) is 24.6 Å². The van der Waals surface area contributed by atoms with E-state index in [4.69, 9.17) is 0 Å². The van der Waals surface area contributed by atoms with Crippen molar-refractivity contribution >= 4 is 17.7 Å². The zero-order chi connectivity index (χ0) is 15.7. The molecule has 1 aromatic carbocycles. The highest BCUT2D eigenvalue weighted by molar-refractivity contribution is 5.96. The quantitative estimate of drug-likeness (QED) is 0.678. The Morgan fingerprint density at radius 2 is 1.48 bits per heavy atom. The molecule has 21 heavy (non-hydrogen) atoms. The van der Waals surface area contributed by atoms with Gasteiger partial charge in [0.05, 0.1) is 13.1 Å². The Balaban J connectivity index is 2.28. The van der Waals surface area contributed by atoms with E-state index in [1.807, 2.05) is 26.0 Å². The van der Waals surface area contributed by atoms with E-state index in [-0.39, 0.29) is 24.9 Å². The van der Waals surface area contributed by atoms with Gasteiger partial charge in [-0.3, -0.25) is 14.4 Å². The topological polar surface area (TPSA) is 87.3 Å². The van der Waals surface area contributed by atoms with E-state index < -0.39 is 5.91 Å². The lowest BCUT2D eigenvalue weighted by Gasteiger charge is -2.07. The van der Waals surface area contributed by atoms with Crippen molar-refractivity contribution in [1.82, 2.24) is 16.0 Å². The lowest BCUT2D eigenvalue weighted by Crippen LogP contribution is -2.42. The molecular formula is C15H21N3O3. The number of aryl methyl sites for hydroxylation is 1. The zero-order valence-electron chi connectivity index (χ0n) is 12.4. The molecule has 0 aromatic heterocycles. The van der Waals surface area contributed by atoms with Crippen molar-refractivity contribution in [2.45, 2.75) is 20.3 Å². The number of hydrogen-bond donors (Lipinski definition) is 3. The first-order valence-electron chi connectivity index (χ1n) is 6.91. The van der Waals surface area contributed by atoms with Crippen LogP contribution in [-0.2, 0) is 9.59 Å². The van der Waals surface area contributed by atoms with Crippen LogP contribution in [0.3, 0.4) is 0 Å². The van der Waals surface area contributed by atoms with Crippen LogP contribution >= 0.6 is 0 Å². The monoisotopic (exact) mass is 291 g/mol. The van der Waals surface area contributed by atoms with Crippen LogP contribution in [-0.4, -0.2) is 37.4 Å². The third kappa shape index (κ3) is 6.56. The summed E-state index contributed by atoms with van der Waals surface area (Å²) in [6.45, 7) is 4.21. The van der Waals surface area contributed by atoms with E-state index in [2.05, 4.69) is 16.0 Å². The smallest absolute Gasteiger partial charge is 0.251 e. The van der Waals surface area contributed by atoms with Gasteiger partial charge in [-0.15, -0.1) is 0 Å². The van der Waals surface area contributed by atoms with Crippen LogP contribution in [0, 0.1) is 6.92 Å². The maximum atomic E-state index is 11.8. The third-order valence-corrected chi connectivity index (χ3v) is 2.74. The highest BCUT2D eigenvalue weighted by Crippen LogP contribution is 2.02. The van der Waals surface area contributed by atoms with Crippen LogP contribution in [0.25, 0.3) is 0 Å². The number of carbonyl (C=O) groups is 3. The number of benzene rings is 1. The van der Waals surface area contributed by atoms with Gasteiger partial charge in [-0.25, -0.2) is 0 Å². The van der Waals surface area contributed by atoms with Gasteiger partial charge in [-0.05, 0) is 25.5 Å². The first-order chi connectivity index (χ1) is 10.0. The van der Waals surface area contributed by atoms with Crippen molar-refractivity contribution in [3.8, 4) is 0 Å². The maximum absolute atomic E-state index is 11.8. The molecule has 1 rings (SSSR count). The Morgan fingerprint density at radius 3 is 2.10 bits per heavy atom. The standard InChI is InChI=1S/C15H21N3O3/c1-3-8-16-13(19)9-17-14(20)10-18-15(21)12-6-4-11(2)5-7-12/h4-7H,3,8-10H2,1-2H3,(H,16,19)(H,17,20)(H,18,21). The summed E-state index contributed by atoms with van der Waals surface area (Å²) in [5.74, 6) is -0.960. The highest BCUT2D eigenvalue weighted by Gasteiger charge is 2.08. The first-order valence-corrected chi connectivity index (χ1v) is 6.91. The van der Waals surface area contributed by atoms with Gasteiger partial charge >= 0.3 is 0 Å². The number of amides is 3. The fourth-order valence-corrected chi connectivity index (χ4v) is 1.54. The lowest BCUT2D eigenvalue weighted by atomic mass is 10.1. The molecule has 6 nitrogen and oxygen atoms in total. The van der Waals surface area contributed by atoms with E-state index in [1.54, 1.807) is 12.1 Å². The van der Waals surface area contributed by atoms with Crippen molar-refractivity contribution in [3.63, 3.8) is 0 Å². The largest absolute Gasteiger partial charge is 0.355 e. The molecule has 0 saturated carbocycles. The van der Waals surface area contributed by atoms with Gasteiger partial charge in [-0.2, -0.15) is 0 Å². The van der Waals surface area contributed by atoms with Crippen LogP contribution in [0.5, 0.6) is 0 Å². The van der Waals surface area contributed by atoms with Crippen LogP contribution in [0.1, 0.15) is 29.3 Å². The fourth-order valence-electron chi connectivity index (χ4n) is 1.54. The molecular weight excluding hydrogens is 270 g/mol. The summed E-state index contributed by atoms with van der Waals surface area (Å²) in [5, 5.41) is 7.59.